The van der Waals surface area contributed by atoms with Gasteiger partial charge in [-0.2, -0.15) is 0 Å². The second-order valence-corrected chi connectivity index (χ2v) is 7.28. The number of aliphatic hydroxyl groups excluding tert-OH is 1. The third-order valence-electron chi connectivity index (χ3n) is 3.67. The first-order chi connectivity index (χ1) is 9.97. The molecular weight excluding hydrogens is 353 g/mol. The van der Waals surface area contributed by atoms with Crippen molar-refractivity contribution in [3.63, 3.8) is 0 Å². The van der Waals surface area contributed by atoms with Crippen LogP contribution in [-0.2, 0) is 13.0 Å². The van der Waals surface area contributed by atoms with Crippen LogP contribution in [0.1, 0.15) is 22.9 Å². The quantitative estimate of drug-likeness (QED) is 0.904. The molecule has 21 heavy (non-hydrogen) atoms. The van der Waals surface area contributed by atoms with Gasteiger partial charge in [0.05, 0.1) is 12.1 Å². The standard InChI is InChI=1S/C13H12Cl3N3OS/c1-19(5-10-13(16)21-18-17-10)12-8-2-6(14)3-9(15)7(8)4-11(12)20/h2-3,11-12,20H,4-5H2,1H3/t11-,12+/m0/s1. The topological polar surface area (TPSA) is 49.2 Å². The average Bonchev–Trinajstić information content (AvgIpc) is 2.93. The highest BCUT2D eigenvalue weighted by atomic mass is 35.5. The molecule has 0 radical (unpaired) electrons. The number of likely N-dealkylation sites (N-methyl/N-ethyl adjacent to an activating group) is 1. The fraction of sp³-hybridized carbons (Fsp3) is 0.385. The minimum Gasteiger partial charge on any atom is -0.391 e. The van der Waals surface area contributed by atoms with Gasteiger partial charge < -0.3 is 5.11 Å². The van der Waals surface area contributed by atoms with Gasteiger partial charge in [0, 0.05) is 34.5 Å². The van der Waals surface area contributed by atoms with Crippen LogP contribution in [0, 0.1) is 0 Å². The zero-order valence-electron chi connectivity index (χ0n) is 11.1. The lowest BCUT2D eigenvalue weighted by atomic mass is 10.1. The van der Waals surface area contributed by atoms with Gasteiger partial charge in [-0.1, -0.05) is 39.3 Å². The smallest absolute Gasteiger partial charge is 0.138 e. The van der Waals surface area contributed by atoms with Crippen molar-refractivity contribution in [2.24, 2.45) is 0 Å². The molecule has 4 nitrogen and oxygen atoms in total. The third kappa shape index (κ3) is 2.91. The second-order valence-electron chi connectivity index (χ2n) is 5.08. The van der Waals surface area contributed by atoms with Crippen molar-refractivity contribution in [1.82, 2.24) is 14.5 Å². The Balaban J connectivity index is 1.91. The van der Waals surface area contributed by atoms with E-state index in [2.05, 4.69) is 9.59 Å². The number of benzene rings is 1. The molecule has 8 heteroatoms. The zero-order chi connectivity index (χ0) is 15.1. The van der Waals surface area contributed by atoms with E-state index in [0.717, 1.165) is 22.7 Å². The van der Waals surface area contributed by atoms with Crippen LogP contribution in [0.4, 0.5) is 0 Å². The molecule has 1 N–H and O–H groups in total. The van der Waals surface area contributed by atoms with Gasteiger partial charge >= 0.3 is 0 Å². The molecule has 0 aliphatic heterocycles. The lowest BCUT2D eigenvalue weighted by Crippen LogP contribution is -2.30. The summed E-state index contributed by atoms with van der Waals surface area (Å²) in [6, 6.07) is 3.38. The van der Waals surface area contributed by atoms with E-state index in [1.165, 1.54) is 0 Å². The summed E-state index contributed by atoms with van der Waals surface area (Å²) in [4.78, 5) is 1.99. The molecule has 1 aliphatic rings. The van der Waals surface area contributed by atoms with E-state index >= 15 is 0 Å². The molecule has 0 saturated heterocycles. The van der Waals surface area contributed by atoms with E-state index in [4.69, 9.17) is 34.8 Å². The number of nitrogens with zero attached hydrogens (tertiary/aromatic N) is 3. The van der Waals surface area contributed by atoms with Crippen LogP contribution < -0.4 is 0 Å². The Morgan fingerprint density at radius 3 is 2.81 bits per heavy atom. The number of hydrogen-bond acceptors (Lipinski definition) is 5. The van der Waals surface area contributed by atoms with Crippen molar-refractivity contribution in [2.45, 2.75) is 25.1 Å². The van der Waals surface area contributed by atoms with Crippen molar-refractivity contribution >= 4 is 46.3 Å². The molecule has 0 fully saturated rings. The summed E-state index contributed by atoms with van der Waals surface area (Å²) < 4.78 is 4.39. The molecule has 1 aliphatic carbocycles. The van der Waals surface area contributed by atoms with E-state index in [0.29, 0.717) is 33.0 Å². The summed E-state index contributed by atoms with van der Waals surface area (Å²) in [5.41, 5.74) is 2.62. The Hall–Kier alpha value is -0.430. The lowest BCUT2D eigenvalue weighted by molar-refractivity contribution is 0.0718. The SMILES string of the molecule is CN(Cc1nnsc1Cl)[C@@H]1c2cc(Cl)cc(Cl)c2C[C@@H]1O. The number of rotatable bonds is 3. The molecule has 1 aromatic carbocycles. The summed E-state index contributed by atoms with van der Waals surface area (Å²) in [5.74, 6) is 0. The first-order valence-corrected chi connectivity index (χ1v) is 8.21. The number of hydrogen-bond donors (Lipinski definition) is 1. The van der Waals surface area contributed by atoms with Crippen molar-refractivity contribution in [2.75, 3.05) is 7.05 Å². The van der Waals surface area contributed by atoms with Gasteiger partial charge in [-0.15, -0.1) is 5.10 Å². The van der Waals surface area contributed by atoms with Gasteiger partial charge in [-0.05, 0) is 30.3 Å². The summed E-state index contributed by atoms with van der Waals surface area (Å²) in [6.45, 7) is 0.501. The molecule has 3 rings (SSSR count). The van der Waals surface area contributed by atoms with Crippen LogP contribution in [0.2, 0.25) is 14.4 Å². The average molecular weight is 365 g/mol. The van der Waals surface area contributed by atoms with Crippen molar-refractivity contribution in [1.29, 1.82) is 0 Å². The van der Waals surface area contributed by atoms with Crippen molar-refractivity contribution in [3.05, 3.63) is 43.3 Å². The molecule has 112 valence electrons. The molecule has 0 bridgehead atoms. The molecule has 0 unspecified atom stereocenters. The normalized spacial score (nSPS) is 21.0. The largest absolute Gasteiger partial charge is 0.391 e. The lowest BCUT2D eigenvalue weighted by Gasteiger charge is -2.27. The number of fused-ring (bicyclic) bond motifs is 1. The van der Waals surface area contributed by atoms with Crippen molar-refractivity contribution < 1.29 is 5.11 Å². The highest BCUT2D eigenvalue weighted by Crippen LogP contribution is 2.41. The molecular formula is C13H12Cl3N3OS. The Kier molecular flexibility index (Phi) is 4.41. The summed E-state index contributed by atoms with van der Waals surface area (Å²) in [7, 11) is 1.91. The van der Waals surface area contributed by atoms with Gasteiger partial charge in [0.25, 0.3) is 0 Å². The van der Waals surface area contributed by atoms with Gasteiger partial charge in [-0.3, -0.25) is 4.90 Å². The van der Waals surface area contributed by atoms with Gasteiger partial charge in [-0.25, -0.2) is 0 Å². The molecule has 0 saturated carbocycles. The Morgan fingerprint density at radius 1 is 1.38 bits per heavy atom. The zero-order valence-corrected chi connectivity index (χ0v) is 14.1. The van der Waals surface area contributed by atoms with Crippen LogP contribution in [0.25, 0.3) is 0 Å². The van der Waals surface area contributed by atoms with E-state index in [9.17, 15) is 5.11 Å². The summed E-state index contributed by atoms with van der Waals surface area (Å²) in [5, 5.41) is 15.6. The van der Waals surface area contributed by atoms with E-state index in [1.807, 2.05) is 18.0 Å². The first-order valence-electron chi connectivity index (χ1n) is 6.30. The van der Waals surface area contributed by atoms with E-state index in [1.54, 1.807) is 6.07 Å². The number of aliphatic hydroxyl groups is 1. The van der Waals surface area contributed by atoms with Crippen LogP contribution >= 0.6 is 46.3 Å². The van der Waals surface area contributed by atoms with Crippen LogP contribution in [0.3, 0.4) is 0 Å². The van der Waals surface area contributed by atoms with Gasteiger partial charge in [0.2, 0.25) is 0 Å². The first kappa shape index (κ1) is 15.5. The number of aromatic nitrogens is 2. The minimum absolute atomic E-state index is 0.186. The second kappa shape index (κ2) is 5.99. The van der Waals surface area contributed by atoms with Crippen LogP contribution in [-0.4, -0.2) is 32.7 Å². The maximum atomic E-state index is 10.4. The van der Waals surface area contributed by atoms with Gasteiger partial charge in [0.15, 0.2) is 0 Å². The molecule has 1 aromatic heterocycles. The third-order valence-corrected chi connectivity index (χ3v) is 5.21. The molecule has 0 amide bonds. The van der Waals surface area contributed by atoms with Gasteiger partial charge in [0.1, 0.15) is 10.0 Å². The maximum absolute atomic E-state index is 10.4. The fourth-order valence-corrected chi connectivity index (χ4v) is 3.99. The monoisotopic (exact) mass is 363 g/mol. The summed E-state index contributed by atoms with van der Waals surface area (Å²) >= 11 is 19.5. The predicted octanol–water partition coefficient (Wildman–Crippen LogP) is 3.59. The summed E-state index contributed by atoms with van der Waals surface area (Å²) in [6.07, 6.45) is -0.0185. The Morgan fingerprint density at radius 2 is 2.14 bits per heavy atom. The van der Waals surface area contributed by atoms with Crippen LogP contribution in [0.15, 0.2) is 12.1 Å². The molecule has 2 atom stereocenters. The van der Waals surface area contributed by atoms with E-state index in [-0.39, 0.29) is 6.04 Å². The van der Waals surface area contributed by atoms with Crippen LogP contribution in [0.5, 0.6) is 0 Å². The molecule has 2 aromatic rings. The van der Waals surface area contributed by atoms with E-state index < -0.39 is 6.10 Å². The van der Waals surface area contributed by atoms with Crippen molar-refractivity contribution in [3.8, 4) is 0 Å². The fourth-order valence-electron chi connectivity index (χ4n) is 2.79. The number of halogens is 3. The predicted molar refractivity (Wildman–Crippen MR) is 85.3 cm³/mol. The Bertz CT molecular complexity index is 679. The minimum atomic E-state index is -0.536. The molecule has 1 heterocycles. The highest BCUT2D eigenvalue weighted by Gasteiger charge is 2.36. The Labute approximate surface area is 141 Å². The molecule has 0 spiro atoms. The highest BCUT2D eigenvalue weighted by molar-refractivity contribution is 7.10. The maximum Gasteiger partial charge on any atom is 0.138 e.